The molecule has 0 radical (unpaired) electrons. The summed E-state index contributed by atoms with van der Waals surface area (Å²) >= 11 is 0. The number of ether oxygens (including phenoxy) is 1. The Hall–Kier alpha value is -2.43. The summed E-state index contributed by atoms with van der Waals surface area (Å²) in [6.45, 7) is 2.02. The molecule has 2 N–H and O–H groups in total. The largest absolute Gasteiger partial charge is 0.491 e. The summed E-state index contributed by atoms with van der Waals surface area (Å²) in [6, 6.07) is 8.82. The van der Waals surface area contributed by atoms with Gasteiger partial charge in [-0.2, -0.15) is 5.26 Å². The standard InChI is InChI=1S/C14H17N5O2/c15-9-12-1-3-14(4-2-12)21-11-13(20)10-16-5-7-19-8-6-17-18-19/h1-4,6,8,13,16,20H,5,7,10-11H2. The smallest absolute Gasteiger partial charge is 0.119 e. The van der Waals surface area contributed by atoms with Crippen LogP contribution in [0.25, 0.3) is 0 Å². The second kappa shape index (κ2) is 7.99. The normalized spacial score (nSPS) is 11.8. The Kier molecular flexibility index (Phi) is 5.70. The number of benzene rings is 1. The van der Waals surface area contributed by atoms with Crippen LogP contribution in [0.15, 0.2) is 36.7 Å². The molecule has 0 aliphatic heterocycles. The van der Waals surface area contributed by atoms with Crippen LogP contribution >= 0.6 is 0 Å². The van der Waals surface area contributed by atoms with E-state index in [-0.39, 0.29) is 6.61 Å². The lowest BCUT2D eigenvalue weighted by Crippen LogP contribution is -2.33. The predicted octanol–water partition coefficient (Wildman–Crippen LogP) is 0.179. The zero-order valence-electron chi connectivity index (χ0n) is 11.5. The van der Waals surface area contributed by atoms with Crippen molar-refractivity contribution >= 4 is 0 Å². The fourth-order valence-electron chi connectivity index (χ4n) is 1.69. The minimum Gasteiger partial charge on any atom is -0.491 e. The van der Waals surface area contributed by atoms with Crippen LogP contribution in [0.1, 0.15) is 5.56 Å². The molecule has 0 bridgehead atoms. The molecule has 0 aliphatic rings. The molecular formula is C14H17N5O2. The monoisotopic (exact) mass is 287 g/mol. The van der Waals surface area contributed by atoms with Crippen LogP contribution in [0.5, 0.6) is 5.75 Å². The molecule has 1 heterocycles. The van der Waals surface area contributed by atoms with Gasteiger partial charge in [0.25, 0.3) is 0 Å². The molecule has 0 saturated carbocycles. The molecule has 2 rings (SSSR count). The number of aliphatic hydroxyl groups excluding tert-OH is 1. The van der Waals surface area contributed by atoms with Gasteiger partial charge < -0.3 is 15.2 Å². The summed E-state index contributed by atoms with van der Waals surface area (Å²) in [5.41, 5.74) is 0.581. The molecule has 0 spiro atoms. The van der Waals surface area contributed by atoms with E-state index < -0.39 is 6.10 Å². The molecule has 7 heteroatoms. The molecule has 2 aromatic rings. The van der Waals surface area contributed by atoms with E-state index in [0.29, 0.717) is 30.9 Å². The lowest BCUT2D eigenvalue weighted by atomic mass is 10.2. The van der Waals surface area contributed by atoms with Crippen LogP contribution in [0.4, 0.5) is 0 Å². The Morgan fingerprint density at radius 1 is 1.38 bits per heavy atom. The topological polar surface area (TPSA) is 96.0 Å². The van der Waals surface area contributed by atoms with Crippen LogP contribution < -0.4 is 10.1 Å². The molecule has 7 nitrogen and oxygen atoms in total. The highest BCUT2D eigenvalue weighted by Gasteiger charge is 2.05. The molecule has 0 saturated heterocycles. The fourth-order valence-corrected chi connectivity index (χ4v) is 1.69. The Balaban J connectivity index is 1.60. The number of nitriles is 1. The summed E-state index contributed by atoms with van der Waals surface area (Å²) in [7, 11) is 0. The van der Waals surface area contributed by atoms with E-state index in [1.54, 1.807) is 41.3 Å². The molecule has 110 valence electrons. The third-order valence-corrected chi connectivity index (χ3v) is 2.80. The van der Waals surface area contributed by atoms with Crippen molar-refractivity contribution in [3.05, 3.63) is 42.2 Å². The summed E-state index contributed by atoms with van der Waals surface area (Å²) in [5.74, 6) is 0.635. The van der Waals surface area contributed by atoms with Crippen molar-refractivity contribution in [2.75, 3.05) is 19.7 Å². The van der Waals surface area contributed by atoms with E-state index in [4.69, 9.17) is 10.00 Å². The van der Waals surface area contributed by atoms with Crippen molar-refractivity contribution in [2.45, 2.75) is 12.6 Å². The van der Waals surface area contributed by atoms with Gasteiger partial charge in [-0.25, -0.2) is 0 Å². The number of aromatic nitrogens is 3. The first-order chi connectivity index (χ1) is 10.3. The van der Waals surface area contributed by atoms with E-state index in [2.05, 4.69) is 15.6 Å². The van der Waals surface area contributed by atoms with E-state index in [0.717, 1.165) is 0 Å². The number of hydrogen-bond acceptors (Lipinski definition) is 6. The average Bonchev–Trinajstić information content (AvgIpc) is 3.03. The van der Waals surface area contributed by atoms with Gasteiger partial charge in [0.1, 0.15) is 18.5 Å². The van der Waals surface area contributed by atoms with Gasteiger partial charge in [0.15, 0.2) is 0 Å². The molecule has 1 aromatic carbocycles. The molecule has 1 atom stereocenters. The van der Waals surface area contributed by atoms with E-state index in [1.165, 1.54) is 0 Å². The first kappa shape index (κ1) is 15.0. The number of nitrogens with one attached hydrogen (secondary N) is 1. The first-order valence-electron chi connectivity index (χ1n) is 6.64. The molecule has 0 fully saturated rings. The highest BCUT2D eigenvalue weighted by atomic mass is 16.5. The second-order valence-corrected chi connectivity index (χ2v) is 4.47. The van der Waals surface area contributed by atoms with Crippen LogP contribution in [-0.2, 0) is 6.54 Å². The van der Waals surface area contributed by atoms with Crippen molar-refractivity contribution in [1.82, 2.24) is 20.3 Å². The zero-order chi connectivity index (χ0) is 14.9. The summed E-state index contributed by atoms with van der Waals surface area (Å²) in [4.78, 5) is 0. The van der Waals surface area contributed by atoms with Crippen molar-refractivity contribution in [3.8, 4) is 11.8 Å². The number of rotatable bonds is 8. The molecule has 1 unspecified atom stereocenters. The van der Waals surface area contributed by atoms with Crippen LogP contribution in [0.3, 0.4) is 0 Å². The van der Waals surface area contributed by atoms with Gasteiger partial charge in [-0.3, -0.25) is 4.68 Å². The molecule has 1 aromatic heterocycles. The van der Waals surface area contributed by atoms with Gasteiger partial charge in [-0.15, -0.1) is 5.10 Å². The summed E-state index contributed by atoms with van der Waals surface area (Å²) in [5, 5.41) is 29.1. The number of nitrogens with zero attached hydrogens (tertiary/aromatic N) is 4. The third-order valence-electron chi connectivity index (χ3n) is 2.80. The van der Waals surface area contributed by atoms with Gasteiger partial charge in [0, 0.05) is 19.3 Å². The van der Waals surface area contributed by atoms with Crippen molar-refractivity contribution in [2.24, 2.45) is 0 Å². The Morgan fingerprint density at radius 2 is 2.19 bits per heavy atom. The average molecular weight is 287 g/mol. The predicted molar refractivity (Wildman–Crippen MR) is 75.6 cm³/mol. The van der Waals surface area contributed by atoms with E-state index >= 15 is 0 Å². The lowest BCUT2D eigenvalue weighted by Gasteiger charge is -2.13. The molecule has 21 heavy (non-hydrogen) atoms. The van der Waals surface area contributed by atoms with E-state index in [9.17, 15) is 5.11 Å². The highest BCUT2D eigenvalue weighted by molar-refractivity contribution is 5.34. The lowest BCUT2D eigenvalue weighted by molar-refractivity contribution is 0.106. The Labute approximate surface area is 122 Å². The quantitative estimate of drug-likeness (QED) is 0.672. The highest BCUT2D eigenvalue weighted by Crippen LogP contribution is 2.11. The first-order valence-corrected chi connectivity index (χ1v) is 6.64. The van der Waals surface area contributed by atoms with Gasteiger partial charge in [0.05, 0.1) is 24.4 Å². The molecular weight excluding hydrogens is 270 g/mol. The van der Waals surface area contributed by atoms with E-state index in [1.807, 2.05) is 6.07 Å². The third kappa shape index (κ3) is 5.22. The Morgan fingerprint density at radius 3 is 2.86 bits per heavy atom. The van der Waals surface area contributed by atoms with Crippen molar-refractivity contribution in [1.29, 1.82) is 5.26 Å². The van der Waals surface area contributed by atoms with Crippen LogP contribution in [0.2, 0.25) is 0 Å². The summed E-state index contributed by atoms with van der Waals surface area (Å²) < 4.78 is 7.16. The fraction of sp³-hybridized carbons (Fsp3) is 0.357. The Bertz CT molecular complexity index is 562. The van der Waals surface area contributed by atoms with Gasteiger partial charge in [-0.05, 0) is 24.3 Å². The molecule has 0 aliphatic carbocycles. The van der Waals surface area contributed by atoms with Crippen molar-refractivity contribution in [3.63, 3.8) is 0 Å². The van der Waals surface area contributed by atoms with Gasteiger partial charge >= 0.3 is 0 Å². The van der Waals surface area contributed by atoms with Crippen LogP contribution in [-0.4, -0.2) is 45.9 Å². The van der Waals surface area contributed by atoms with Crippen molar-refractivity contribution < 1.29 is 9.84 Å². The minimum atomic E-state index is -0.601. The van der Waals surface area contributed by atoms with Gasteiger partial charge in [0.2, 0.25) is 0 Å². The van der Waals surface area contributed by atoms with Gasteiger partial charge in [-0.1, -0.05) is 5.21 Å². The SMILES string of the molecule is N#Cc1ccc(OCC(O)CNCCn2ccnn2)cc1. The maximum atomic E-state index is 9.79. The number of aliphatic hydroxyl groups is 1. The maximum Gasteiger partial charge on any atom is 0.119 e. The zero-order valence-corrected chi connectivity index (χ0v) is 11.5. The maximum absolute atomic E-state index is 9.79. The molecule has 0 amide bonds. The minimum absolute atomic E-state index is 0.197. The summed E-state index contributed by atoms with van der Waals surface area (Å²) in [6.07, 6.45) is 2.81. The number of hydrogen-bond donors (Lipinski definition) is 2. The second-order valence-electron chi connectivity index (χ2n) is 4.47. The van der Waals surface area contributed by atoms with Crippen LogP contribution in [0, 0.1) is 11.3 Å².